The molecule has 1 aromatic rings. The average Bonchev–Trinajstić information content (AvgIpc) is 2.72. The van der Waals surface area contributed by atoms with Crippen LogP contribution < -0.4 is 5.73 Å². The van der Waals surface area contributed by atoms with E-state index in [1.54, 1.807) is 0 Å². The van der Waals surface area contributed by atoms with Crippen molar-refractivity contribution < 1.29 is 0 Å². The van der Waals surface area contributed by atoms with Crippen molar-refractivity contribution in [2.24, 2.45) is 17.1 Å². The highest BCUT2D eigenvalue weighted by Gasteiger charge is 2.57. The van der Waals surface area contributed by atoms with Crippen LogP contribution in [0.5, 0.6) is 0 Å². The smallest absolute Gasteiger partial charge is 0.00375 e. The van der Waals surface area contributed by atoms with Gasteiger partial charge < -0.3 is 5.73 Å². The van der Waals surface area contributed by atoms with Gasteiger partial charge in [-0.05, 0) is 48.8 Å². The van der Waals surface area contributed by atoms with E-state index in [2.05, 4.69) is 45.9 Å². The second-order valence-electron chi connectivity index (χ2n) is 5.50. The van der Waals surface area contributed by atoms with E-state index in [9.17, 15) is 0 Å². The van der Waals surface area contributed by atoms with Crippen molar-refractivity contribution in [2.45, 2.75) is 33.6 Å². The number of nitrogens with two attached hydrogens (primary N) is 1. The standard InChI is InChI=1S/C14H21N/c1-9-5-6-10(2)11(7-9)13-12(8-15)14(13,3)4/h5-7,12-13H,8,15H2,1-4H3/t12-,13-/m0/s1. The predicted octanol–water partition coefficient (Wildman–Crippen LogP) is 3.00. The SMILES string of the molecule is Cc1ccc(C)c([C@H]2[C@H](CN)C2(C)C)c1. The fraction of sp³-hybridized carbons (Fsp3) is 0.571. The lowest BCUT2D eigenvalue weighted by atomic mass is 9.97. The predicted molar refractivity (Wildman–Crippen MR) is 65.0 cm³/mol. The Kier molecular flexibility index (Phi) is 2.38. The van der Waals surface area contributed by atoms with Gasteiger partial charge >= 0.3 is 0 Å². The summed E-state index contributed by atoms with van der Waals surface area (Å²) in [4.78, 5) is 0. The van der Waals surface area contributed by atoms with Crippen LogP contribution in [-0.2, 0) is 0 Å². The molecule has 1 aliphatic carbocycles. The molecule has 0 amide bonds. The molecule has 0 radical (unpaired) electrons. The van der Waals surface area contributed by atoms with Gasteiger partial charge in [0.15, 0.2) is 0 Å². The van der Waals surface area contributed by atoms with Crippen LogP contribution in [0.15, 0.2) is 18.2 Å². The van der Waals surface area contributed by atoms with Gasteiger partial charge in [0.05, 0.1) is 0 Å². The summed E-state index contributed by atoms with van der Waals surface area (Å²) in [5, 5.41) is 0. The second kappa shape index (κ2) is 3.34. The first-order valence-corrected chi connectivity index (χ1v) is 5.75. The quantitative estimate of drug-likeness (QED) is 0.785. The van der Waals surface area contributed by atoms with Crippen molar-refractivity contribution in [3.63, 3.8) is 0 Å². The van der Waals surface area contributed by atoms with Gasteiger partial charge in [0.1, 0.15) is 0 Å². The summed E-state index contributed by atoms with van der Waals surface area (Å²) in [6, 6.07) is 6.75. The molecule has 1 saturated carbocycles. The molecule has 2 N–H and O–H groups in total. The summed E-state index contributed by atoms with van der Waals surface area (Å²) in [6.45, 7) is 9.84. The molecule has 2 atom stereocenters. The summed E-state index contributed by atoms with van der Waals surface area (Å²) in [5.74, 6) is 1.33. The fourth-order valence-corrected chi connectivity index (χ4v) is 2.90. The van der Waals surface area contributed by atoms with Crippen molar-refractivity contribution in [1.82, 2.24) is 0 Å². The molecule has 15 heavy (non-hydrogen) atoms. The van der Waals surface area contributed by atoms with Crippen molar-refractivity contribution in [3.05, 3.63) is 34.9 Å². The third-order valence-corrected chi connectivity index (χ3v) is 4.07. The molecule has 1 nitrogen and oxygen atoms in total. The van der Waals surface area contributed by atoms with Crippen LogP contribution >= 0.6 is 0 Å². The van der Waals surface area contributed by atoms with E-state index in [1.165, 1.54) is 16.7 Å². The third kappa shape index (κ3) is 1.59. The minimum absolute atomic E-state index is 0.396. The number of benzene rings is 1. The number of hydrogen-bond acceptors (Lipinski definition) is 1. The van der Waals surface area contributed by atoms with E-state index >= 15 is 0 Å². The van der Waals surface area contributed by atoms with E-state index < -0.39 is 0 Å². The Morgan fingerprint density at radius 1 is 1.27 bits per heavy atom. The Labute approximate surface area is 92.7 Å². The first kappa shape index (κ1) is 10.7. The monoisotopic (exact) mass is 203 g/mol. The van der Waals surface area contributed by atoms with E-state index in [1.807, 2.05) is 0 Å². The van der Waals surface area contributed by atoms with E-state index in [0.717, 1.165) is 6.54 Å². The first-order valence-electron chi connectivity index (χ1n) is 5.75. The summed E-state index contributed by atoms with van der Waals surface area (Å²) < 4.78 is 0. The normalized spacial score (nSPS) is 27.8. The fourth-order valence-electron chi connectivity index (χ4n) is 2.90. The maximum atomic E-state index is 5.83. The van der Waals surface area contributed by atoms with Gasteiger partial charge in [-0.25, -0.2) is 0 Å². The second-order valence-corrected chi connectivity index (χ2v) is 5.50. The highest BCUT2D eigenvalue weighted by molar-refractivity contribution is 5.40. The zero-order valence-electron chi connectivity index (χ0n) is 10.2. The first-order chi connectivity index (χ1) is 6.98. The minimum Gasteiger partial charge on any atom is -0.330 e. The molecular weight excluding hydrogens is 182 g/mol. The van der Waals surface area contributed by atoms with Crippen LogP contribution in [0, 0.1) is 25.2 Å². The van der Waals surface area contributed by atoms with Gasteiger partial charge in [-0.1, -0.05) is 37.6 Å². The summed E-state index contributed by atoms with van der Waals surface area (Å²) in [7, 11) is 0. The van der Waals surface area contributed by atoms with Crippen LogP contribution in [0.1, 0.15) is 36.5 Å². The van der Waals surface area contributed by atoms with Gasteiger partial charge in [0.25, 0.3) is 0 Å². The van der Waals surface area contributed by atoms with Crippen LogP contribution in [0.25, 0.3) is 0 Å². The van der Waals surface area contributed by atoms with Crippen molar-refractivity contribution in [1.29, 1.82) is 0 Å². The van der Waals surface area contributed by atoms with E-state index in [0.29, 0.717) is 17.3 Å². The molecule has 2 rings (SSSR count). The maximum absolute atomic E-state index is 5.83. The average molecular weight is 203 g/mol. The van der Waals surface area contributed by atoms with Crippen LogP contribution in [-0.4, -0.2) is 6.54 Å². The molecule has 1 aromatic carbocycles. The molecule has 0 saturated heterocycles. The molecule has 0 unspecified atom stereocenters. The number of rotatable bonds is 2. The topological polar surface area (TPSA) is 26.0 Å². The van der Waals surface area contributed by atoms with Crippen LogP contribution in [0.2, 0.25) is 0 Å². The summed E-state index contributed by atoms with van der Waals surface area (Å²) in [5.41, 5.74) is 10.5. The van der Waals surface area contributed by atoms with Gasteiger partial charge in [-0.15, -0.1) is 0 Å². The molecule has 0 spiro atoms. The molecule has 0 aliphatic heterocycles. The molecular formula is C14H21N. The number of aryl methyl sites for hydroxylation is 2. The van der Waals surface area contributed by atoms with E-state index in [4.69, 9.17) is 5.73 Å². The lowest BCUT2D eigenvalue weighted by molar-refractivity contribution is 0.558. The third-order valence-electron chi connectivity index (χ3n) is 4.07. The maximum Gasteiger partial charge on any atom is -0.00375 e. The molecule has 82 valence electrons. The number of hydrogen-bond donors (Lipinski definition) is 1. The largest absolute Gasteiger partial charge is 0.330 e. The summed E-state index contributed by atoms with van der Waals surface area (Å²) in [6.07, 6.45) is 0. The Morgan fingerprint density at radius 2 is 1.93 bits per heavy atom. The van der Waals surface area contributed by atoms with Crippen molar-refractivity contribution in [3.8, 4) is 0 Å². The van der Waals surface area contributed by atoms with Gasteiger partial charge in [0.2, 0.25) is 0 Å². The van der Waals surface area contributed by atoms with Crippen molar-refractivity contribution >= 4 is 0 Å². The lowest BCUT2D eigenvalue weighted by Crippen LogP contribution is -2.05. The Hall–Kier alpha value is -0.820. The minimum atomic E-state index is 0.396. The Bertz CT molecular complexity index is 379. The molecule has 0 aromatic heterocycles. The Balaban J connectivity index is 2.36. The Morgan fingerprint density at radius 3 is 2.47 bits per heavy atom. The molecule has 0 bridgehead atoms. The molecule has 0 heterocycles. The van der Waals surface area contributed by atoms with E-state index in [-0.39, 0.29) is 0 Å². The molecule has 1 fully saturated rings. The van der Waals surface area contributed by atoms with Crippen molar-refractivity contribution in [2.75, 3.05) is 6.54 Å². The zero-order chi connectivity index (χ0) is 11.2. The summed E-state index contributed by atoms with van der Waals surface area (Å²) >= 11 is 0. The molecule has 1 heteroatoms. The molecule has 1 aliphatic rings. The van der Waals surface area contributed by atoms with Gasteiger partial charge in [-0.3, -0.25) is 0 Å². The van der Waals surface area contributed by atoms with Gasteiger partial charge in [-0.2, -0.15) is 0 Å². The highest BCUT2D eigenvalue weighted by Crippen LogP contribution is 2.64. The van der Waals surface area contributed by atoms with Crippen LogP contribution in [0.3, 0.4) is 0 Å². The van der Waals surface area contributed by atoms with Gasteiger partial charge in [0, 0.05) is 0 Å². The highest BCUT2D eigenvalue weighted by atomic mass is 14.7. The lowest BCUT2D eigenvalue weighted by Gasteiger charge is -2.08. The van der Waals surface area contributed by atoms with Crippen LogP contribution in [0.4, 0.5) is 0 Å². The zero-order valence-corrected chi connectivity index (χ0v) is 10.2.